The van der Waals surface area contributed by atoms with E-state index in [1.165, 1.54) is 12.1 Å². The third kappa shape index (κ3) is 3.41. The largest absolute Gasteiger partial charge is 0.354 e. The molecule has 2 aromatic heterocycles. The summed E-state index contributed by atoms with van der Waals surface area (Å²) in [7, 11) is 0. The summed E-state index contributed by atoms with van der Waals surface area (Å²) in [4.78, 5) is 15.7. The predicted octanol–water partition coefficient (Wildman–Crippen LogP) is 4.43. The van der Waals surface area contributed by atoms with Crippen molar-refractivity contribution >= 4 is 16.8 Å². The van der Waals surface area contributed by atoms with Crippen molar-refractivity contribution in [2.45, 2.75) is 26.9 Å². The van der Waals surface area contributed by atoms with Crippen molar-refractivity contribution in [3.63, 3.8) is 0 Å². The van der Waals surface area contributed by atoms with Crippen LogP contribution >= 0.6 is 0 Å². The average Bonchev–Trinajstić information content (AvgIpc) is 3.32. The van der Waals surface area contributed by atoms with E-state index in [9.17, 15) is 9.18 Å². The Labute approximate surface area is 162 Å². The van der Waals surface area contributed by atoms with Gasteiger partial charge in [0.2, 0.25) is 0 Å². The van der Waals surface area contributed by atoms with Gasteiger partial charge in [-0.25, -0.2) is 4.39 Å². The predicted molar refractivity (Wildman–Crippen MR) is 108 cm³/mol. The van der Waals surface area contributed by atoms with Crippen LogP contribution in [0.1, 0.15) is 28.4 Å². The Bertz CT molecular complexity index is 1140. The van der Waals surface area contributed by atoms with Gasteiger partial charge in [-0.3, -0.25) is 9.48 Å². The number of hydrogen-bond acceptors (Lipinski definition) is 2. The molecular weight excluding hydrogens is 355 g/mol. The smallest absolute Gasteiger partial charge is 0.254 e. The van der Waals surface area contributed by atoms with Crippen molar-refractivity contribution < 1.29 is 9.18 Å². The molecule has 0 saturated carbocycles. The maximum atomic E-state index is 13.2. The number of carbonyl (C=O) groups excluding carboxylic acids is 1. The second-order valence-electron chi connectivity index (χ2n) is 6.78. The number of carbonyl (C=O) groups is 1. The zero-order chi connectivity index (χ0) is 19.7. The SMILES string of the molecule is CCn1cc(C(=O)NCc2ccc3[nH]c(-c4ccc(F)cc4)c(C)c3c2)cn1. The fraction of sp³-hybridized carbons (Fsp3) is 0.182. The highest BCUT2D eigenvalue weighted by Gasteiger charge is 2.12. The second kappa shape index (κ2) is 7.31. The number of fused-ring (bicyclic) bond motifs is 1. The molecule has 0 bridgehead atoms. The maximum Gasteiger partial charge on any atom is 0.254 e. The normalized spacial score (nSPS) is 11.1. The van der Waals surface area contributed by atoms with Crippen LogP contribution in [0.3, 0.4) is 0 Å². The number of hydrogen-bond donors (Lipinski definition) is 2. The number of halogens is 1. The van der Waals surface area contributed by atoms with Crippen molar-refractivity contribution in [2.75, 3.05) is 0 Å². The number of nitrogens with zero attached hydrogens (tertiary/aromatic N) is 2. The minimum Gasteiger partial charge on any atom is -0.354 e. The average molecular weight is 376 g/mol. The molecule has 2 aromatic carbocycles. The summed E-state index contributed by atoms with van der Waals surface area (Å²) in [5, 5.41) is 8.15. The van der Waals surface area contributed by atoms with Gasteiger partial charge in [-0.15, -0.1) is 0 Å². The van der Waals surface area contributed by atoms with Gasteiger partial charge in [-0.05, 0) is 66.9 Å². The molecule has 0 aliphatic carbocycles. The van der Waals surface area contributed by atoms with E-state index in [1.54, 1.807) is 29.2 Å². The van der Waals surface area contributed by atoms with E-state index in [4.69, 9.17) is 0 Å². The summed E-state index contributed by atoms with van der Waals surface area (Å²) in [5.74, 6) is -0.391. The van der Waals surface area contributed by atoms with Crippen molar-refractivity contribution in [1.29, 1.82) is 0 Å². The van der Waals surface area contributed by atoms with Gasteiger partial charge in [0, 0.05) is 35.9 Å². The molecule has 0 aliphatic rings. The number of nitrogens with one attached hydrogen (secondary N) is 2. The summed E-state index contributed by atoms with van der Waals surface area (Å²) < 4.78 is 14.9. The molecule has 0 atom stereocenters. The Kier molecular flexibility index (Phi) is 4.69. The molecule has 28 heavy (non-hydrogen) atoms. The minimum atomic E-state index is -0.250. The number of amides is 1. The van der Waals surface area contributed by atoms with Gasteiger partial charge in [-0.2, -0.15) is 5.10 Å². The van der Waals surface area contributed by atoms with Crippen LogP contribution < -0.4 is 5.32 Å². The lowest BCUT2D eigenvalue weighted by Gasteiger charge is -2.04. The summed E-state index contributed by atoms with van der Waals surface area (Å²) in [6.07, 6.45) is 3.32. The molecule has 5 nitrogen and oxygen atoms in total. The maximum absolute atomic E-state index is 13.2. The molecule has 1 amide bonds. The highest BCUT2D eigenvalue weighted by atomic mass is 19.1. The Balaban J connectivity index is 1.55. The fourth-order valence-corrected chi connectivity index (χ4v) is 3.33. The number of rotatable bonds is 5. The third-order valence-electron chi connectivity index (χ3n) is 4.93. The monoisotopic (exact) mass is 376 g/mol. The van der Waals surface area contributed by atoms with Crippen LogP contribution in [0.5, 0.6) is 0 Å². The Morgan fingerprint density at radius 1 is 1.21 bits per heavy atom. The van der Waals surface area contributed by atoms with Gasteiger partial charge in [0.1, 0.15) is 5.82 Å². The first-order chi connectivity index (χ1) is 13.5. The van der Waals surface area contributed by atoms with Crippen molar-refractivity contribution in [2.24, 2.45) is 0 Å². The summed E-state index contributed by atoms with van der Waals surface area (Å²) in [5.41, 5.74) is 5.59. The lowest BCUT2D eigenvalue weighted by Crippen LogP contribution is -2.22. The van der Waals surface area contributed by atoms with Gasteiger partial charge in [0.15, 0.2) is 0 Å². The highest BCUT2D eigenvalue weighted by molar-refractivity contribution is 5.94. The fourth-order valence-electron chi connectivity index (χ4n) is 3.33. The van der Waals surface area contributed by atoms with E-state index < -0.39 is 0 Å². The minimum absolute atomic E-state index is 0.141. The molecule has 6 heteroatoms. The first-order valence-electron chi connectivity index (χ1n) is 9.23. The molecule has 2 heterocycles. The molecule has 0 spiro atoms. The van der Waals surface area contributed by atoms with Crippen LogP contribution in [0, 0.1) is 12.7 Å². The van der Waals surface area contributed by atoms with E-state index in [1.807, 2.05) is 26.0 Å². The molecule has 142 valence electrons. The summed E-state index contributed by atoms with van der Waals surface area (Å²) in [6, 6.07) is 12.5. The Morgan fingerprint density at radius 2 is 2.00 bits per heavy atom. The van der Waals surface area contributed by atoms with Crippen molar-refractivity contribution in [1.82, 2.24) is 20.1 Å². The van der Waals surface area contributed by atoms with E-state index in [0.717, 1.165) is 39.8 Å². The van der Waals surface area contributed by atoms with Gasteiger partial charge in [-0.1, -0.05) is 6.07 Å². The zero-order valence-electron chi connectivity index (χ0n) is 15.8. The van der Waals surface area contributed by atoms with Crippen LogP contribution in [-0.4, -0.2) is 20.7 Å². The zero-order valence-corrected chi connectivity index (χ0v) is 15.8. The number of H-pyrrole nitrogens is 1. The molecule has 0 aliphatic heterocycles. The van der Waals surface area contributed by atoms with Crippen molar-refractivity contribution in [3.8, 4) is 11.3 Å². The van der Waals surface area contributed by atoms with E-state index >= 15 is 0 Å². The van der Waals surface area contributed by atoms with Crippen LogP contribution in [0.2, 0.25) is 0 Å². The van der Waals surface area contributed by atoms with Crippen LogP contribution in [0.4, 0.5) is 4.39 Å². The van der Waals surface area contributed by atoms with Crippen LogP contribution in [0.15, 0.2) is 54.9 Å². The molecule has 4 aromatic rings. The third-order valence-corrected chi connectivity index (χ3v) is 4.93. The van der Waals surface area contributed by atoms with E-state index in [0.29, 0.717) is 12.1 Å². The number of aromatic amines is 1. The lowest BCUT2D eigenvalue weighted by molar-refractivity contribution is 0.0951. The lowest BCUT2D eigenvalue weighted by atomic mass is 10.0. The van der Waals surface area contributed by atoms with Crippen LogP contribution in [-0.2, 0) is 13.1 Å². The Hall–Kier alpha value is -3.41. The quantitative estimate of drug-likeness (QED) is 0.541. The van der Waals surface area contributed by atoms with Gasteiger partial charge in [0.05, 0.1) is 11.8 Å². The molecule has 4 rings (SSSR count). The molecule has 0 radical (unpaired) electrons. The topological polar surface area (TPSA) is 62.7 Å². The number of aryl methyl sites for hydroxylation is 2. The van der Waals surface area contributed by atoms with Crippen molar-refractivity contribution in [3.05, 3.63) is 77.4 Å². The Morgan fingerprint density at radius 3 is 2.71 bits per heavy atom. The number of benzene rings is 2. The molecule has 0 saturated heterocycles. The highest BCUT2D eigenvalue weighted by Crippen LogP contribution is 2.30. The first-order valence-corrected chi connectivity index (χ1v) is 9.23. The van der Waals surface area contributed by atoms with Gasteiger partial charge in [0.25, 0.3) is 5.91 Å². The summed E-state index contributed by atoms with van der Waals surface area (Å²) >= 11 is 0. The molecule has 0 unspecified atom stereocenters. The van der Waals surface area contributed by atoms with Gasteiger partial charge >= 0.3 is 0 Å². The first kappa shape index (κ1) is 18.0. The van der Waals surface area contributed by atoms with E-state index in [2.05, 4.69) is 21.5 Å². The van der Waals surface area contributed by atoms with Gasteiger partial charge < -0.3 is 10.3 Å². The standard InChI is InChI=1S/C22H21FN4O/c1-3-27-13-17(12-25-27)22(28)24-11-15-4-9-20-19(10-15)14(2)21(26-20)16-5-7-18(23)8-6-16/h4-10,12-13,26H,3,11H2,1-2H3,(H,24,28). The van der Waals surface area contributed by atoms with E-state index in [-0.39, 0.29) is 11.7 Å². The molecular formula is C22H21FN4O. The van der Waals surface area contributed by atoms with Crippen LogP contribution in [0.25, 0.3) is 22.2 Å². The molecule has 0 fully saturated rings. The number of aromatic nitrogens is 3. The second-order valence-corrected chi connectivity index (χ2v) is 6.78. The summed E-state index contributed by atoms with van der Waals surface area (Å²) in [6.45, 7) is 5.18. The molecule has 2 N–H and O–H groups in total.